The Hall–Kier alpha value is -1.85. The fourth-order valence-electron chi connectivity index (χ4n) is 1.43. The van der Waals surface area contributed by atoms with Crippen LogP contribution in [0.25, 0.3) is 0 Å². The molecule has 0 aliphatic heterocycles. The molecule has 4 nitrogen and oxygen atoms in total. The highest BCUT2D eigenvalue weighted by molar-refractivity contribution is 6.31. The van der Waals surface area contributed by atoms with Crippen LogP contribution in [0.1, 0.15) is 10.4 Å². The van der Waals surface area contributed by atoms with Gasteiger partial charge in [-0.3, -0.25) is 0 Å². The average molecular weight is 301 g/mol. The molecule has 0 saturated heterocycles. The number of pyridine rings is 1. The molecule has 0 amide bonds. The van der Waals surface area contributed by atoms with Crippen LogP contribution >= 0.6 is 23.2 Å². The molecule has 1 heterocycles. The van der Waals surface area contributed by atoms with Gasteiger partial charge in [0.05, 0.1) is 10.7 Å². The number of nitrogens with one attached hydrogen (secondary N) is 1. The lowest BCUT2D eigenvalue weighted by Gasteiger charge is -2.10. The summed E-state index contributed by atoms with van der Waals surface area (Å²) in [6.45, 7) is 0. The fraction of sp³-hybridized carbons (Fsp3) is 0. The maximum atomic E-state index is 13.7. The Kier molecular flexibility index (Phi) is 3.87. The normalized spacial score (nSPS) is 10.3. The highest BCUT2D eigenvalue weighted by atomic mass is 35.5. The van der Waals surface area contributed by atoms with E-state index in [1.807, 2.05) is 0 Å². The van der Waals surface area contributed by atoms with Gasteiger partial charge in [-0.05, 0) is 24.3 Å². The highest BCUT2D eigenvalue weighted by Gasteiger charge is 2.14. The lowest BCUT2D eigenvalue weighted by Crippen LogP contribution is -2.06. The zero-order valence-electron chi connectivity index (χ0n) is 9.32. The number of halogens is 3. The van der Waals surface area contributed by atoms with E-state index in [9.17, 15) is 9.18 Å². The van der Waals surface area contributed by atoms with Crippen molar-refractivity contribution in [2.45, 2.75) is 0 Å². The molecule has 0 saturated carbocycles. The third kappa shape index (κ3) is 2.94. The van der Waals surface area contributed by atoms with Gasteiger partial charge >= 0.3 is 5.97 Å². The van der Waals surface area contributed by atoms with Crippen molar-refractivity contribution in [2.75, 3.05) is 5.32 Å². The Morgan fingerprint density at radius 3 is 2.68 bits per heavy atom. The Morgan fingerprint density at radius 2 is 2.00 bits per heavy atom. The topological polar surface area (TPSA) is 62.2 Å². The first-order valence-electron chi connectivity index (χ1n) is 5.10. The van der Waals surface area contributed by atoms with Gasteiger partial charge in [0.25, 0.3) is 0 Å². The van der Waals surface area contributed by atoms with Crippen LogP contribution in [-0.4, -0.2) is 16.1 Å². The van der Waals surface area contributed by atoms with E-state index in [4.69, 9.17) is 28.3 Å². The van der Waals surface area contributed by atoms with Crippen LogP contribution in [0.4, 0.5) is 15.9 Å². The first-order valence-corrected chi connectivity index (χ1v) is 5.85. The summed E-state index contributed by atoms with van der Waals surface area (Å²) < 4.78 is 13.7. The summed E-state index contributed by atoms with van der Waals surface area (Å²) in [5.74, 6) is -1.95. The van der Waals surface area contributed by atoms with Crippen LogP contribution in [0, 0.1) is 5.82 Å². The molecule has 2 rings (SSSR count). The predicted molar refractivity (Wildman–Crippen MR) is 70.9 cm³/mol. The molecular weight excluding hydrogens is 294 g/mol. The van der Waals surface area contributed by atoms with Crippen molar-refractivity contribution in [3.05, 3.63) is 51.9 Å². The number of carboxylic acid groups (broad SMARTS) is 1. The van der Waals surface area contributed by atoms with E-state index < -0.39 is 11.8 Å². The third-order valence-corrected chi connectivity index (χ3v) is 2.80. The maximum absolute atomic E-state index is 13.7. The molecule has 0 aliphatic rings. The van der Waals surface area contributed by atoms with Crippen LogP contribution < -0.4 is 5.32 Å². The molecule has 0 aliphatic carbocycles. The zero-order chi connectivity index (χ0) is 14.0. The molecule has 0 radical (unpaired) electrons. The molecule has 0 atom stereocenters. The molecule has 0 fully saturated rings. The first kappa shape index (κ1) is 13.6. The van der Waals surface area contributed by atoms with E-state index in [2.05, 4.69) is 10.3 Å². The van der Waals surface area contributed by atoms with Crippen molar-refractivity contribution in [3.63, 3.8) is 0 Å². The zero-order valence-corrected chi connectivity index (χ0v) is 10.8. The molecule has 19 heavy (non-hydrogen) atoms. The number of hydrogen-bond acceptors (Lipinski definition) is 3. The molecule has 98 valence electrons. The predicted octanol–water partition coefficient (Wildman–Crippen LogP) is 3.97. The third-order valence-electron chi connectivity index (χ3n) is 2.30. The van der Waals surface area contributed by atoms with Gasteiger partial charge < -0.3 is 10.4 Å². The van der Waals surface area contributed by atoms with Crippen LogP contribution in [-0.2, 0) is 0 Å². The fourth-order valence-corrected chi connectivity index (χ4v) is 1.75. The highest BCUT2D eigenvalue weighted by Crippen LogP contribution is 2.26. The molecule has 1 aromatic heterocycles. The SMILES string of the molecule is O=C(O)c1ccc(Cl)nc1Nc1cccc(Cl)c1F. The van der Waals surface area contributed by atoms with Crippen LogP contribution in [0.2, 0.25) is 10.2 Å². The van der Waals surface area contributed by atoms with E-state index in [1.165, 1.54) is 30.3 Å². The second-order valence-corrected chi connectivity index (χ2v) is 4.36. The summed E-state index contributed by atoms with van der Waals surface area (Å²) in [7, 11) is 0. The van der Waals surface area contributed by atoms with Gasteiger partial charge in [0, 0.05) is 0 Å². The summed E-state index contributed by atoms with van der Waals surface area (Å²) in [6, 6.07) is 6.94. The number of anilines is 2. The molecule has 1 aromatic carbocycles. The number of nitrogens with zero attached hydrogens (tertiary/aromatic N) is 1. The molecule has 0 spiro atoms. The van der Waals surface area contributed by atoms with Crippen LogP contribution in [0.15, 0.2) is 30.3 Å². The number of carbonyl (C=O) groups is 1. The van der Waals surface area contributed by atoms with Crippen molar-refractivity contribution >= 4 is 40.7 Å². The number of rotatable bonds is 3. The van der Waals surface area contributed by atoms with Gasteiger partial charge in [-0.15, -0.1) is 0 Å². The van der Waals surface area contributed by atoms with E-state index in [0.717, 1.165) is 0 Å². The monoisotopic (exact) mass is 300 g/mol. The minimum Gasteiger partial charge on any atom is -0.478 e. The van der Waals surface area contributed by atoms with Crippen molar-refractivity contribution in [1.82, 2.24) is 4.98 Å². The lowest BCUT2D eigenvalue weighted by molar-refractivity contribution is 0.0697. The maximum Gasteiger partial charge on any atom is 0.339 e. The van der Waals surface area contributed by atoms with Gasteiger partial charge in [0.1, 0.15) is 16.5 Å². The minimum atomic E-state index is -1.20. The van der Waals surface area contributed by atoms with Crippen molar-refractivity contribution in [2.24, 2.45) is 0 Å². The number of benzene rings is 1. The molecule has 0 unspecified atom stereocenters. The van der Waals surface area contributed by atoms with Gasteiger partial charge in [-0.25, -0.2) is 14.2 Å². The second kappa shape index (κ2) is 5.42. The summed E-state index contributed by atoms with van der Waals surface area (Å²) in [4.78, 5) is 14.9. The second-order valence-electron chi connectivity index (χ2n) is 3.56. The first-order chi connectivity index (χ1) is 8.99. The lowest BCUT2D eigenvalue weighted by atomic mass is 10.2. The van der Waals surface area contributed by atoms with E-state index in [0.29, 0.717) is 0 Å². The Labute approximate surface area is 117 Å². The van der Waals surface area contributed by atoms with Gasteiger partial charge in [-0.1, -0.05) is 29.3 Å². The Balaban J connectivity index is 2.45. The summed E-state index contributed by atoms with van der Waals surface area (Å²) in [6.07, 6.45) is 0. The molecule has 0 bridgehead atoms. The number of aromatic nitrogens is 1. The largest absolute Gasteiger partial charge is 0.478 e. The Morgan fingerprint density at radius 1 is 1.26 bits per heavy atom. The van der Waals surface area contributed by atoms with Crippen molar-refractivity contribution in [3.8, 4) is 0 Å². The van der Waals surface area contributed by atoms with Crippen LogP contribution in [0.5, 0.6) is 0 Å². The number of hydrogen-bond donors (Lipinski definition) is 2. The molecule has 2 N–H and O–H groups in total. The number of aromatic carboxylic acids is 1. The van der Waals surface area contributed by atoms with Gasteiger partial charge in [0.15, 0.2) is 5.82 Å². The molecule has 2 aromatic rings. The number of carboxylic acids is 1. The van der Waals surface area contributed by atoms with E-state index in [1.54, 1.807) is 0 Å². The van der Waals surface area contributed by atoms with Crippen molar-refractivity contribution in [1.29, 1.82) is 0 Å². The standard InChI is InChI=1S/C12H7Cl2FN2O2/c13-7-2-1-3-8(10(7)15)16-11-6(12(18)19)4-5-9(14)17-11/h1-5H,(H,16,17)(H,18,19). The molecular formula is C12H7Cl2FN2O2. The average Bonchev–Trinajstić information content (AvgIpc) is 2.35. The van der Waals surface area contributed by atoms with Gasteiger partial charge in [-0.2, -0.15) is 0 Å². The molecule has 7 heteroatoms. The van der Waals surface area contributed by atoms with Crippen LogP contribution in [0.3, 0.4) is 0 Å². The minimum absolute atomic E-state index is 0.0183. The Bertz CT molecular complexity index is 650. The quantitative estimate of drug-likeness (QED) is 0.842. The van der Waals surface area contributed by atoms with E-state index >= 15 is 0 Å². The summed E-state index contributed by atoms with van der Waals surface area (Å²) in [5, 5.41) is 11.6. The summed E-state index contributed by atoms with van der Waals surface area (Å²) >= 11 is 11.3. The van der Waals surface area contributed by atoms with Crippen molar-refractivity contribution < 1.29 is 14.3 Å². The summed E-state index contributed by atoms with van der Waals surface area (Å²) in [5.41, 5.74) is -0.103. The van der Waals surface area contributed by atoms with E-state index in [-0.39, 0.29) is 27.2 Å². The van der Waals surface area contributed by atoms with Gasteiger partial charge in [0.2, 0.25) is 0 Å². The smallest absolute Gasteiger partial charge is 0.339 e.